The zero-order valence-electron chi connectivity index (χ0n) is 11.1. The third-order valence-electron chi connectivity index (χ3n) is 3.65. The largest absolute Gasteiger partial charge is 0.396 e. The number of hydrogen-bond donors (Lipinski definition) is 1. The van der Waals surface area contributed by atoms with Crippen molar-refractivity contribution in [2.45, 2.75) is 32.7 Å². The summed E-state index contributed by atoms with van der Waals surface area (Å²) in [5.41, 5.74) is 6.00. The maximum atomic E-state index is 13.3. The zero-order valence-corrected chi connectivity index (χ0v) is 12.7. The summed E-state index contributed by atoms with van der Waals surface area (Å²) in [6.07, 6.45) is 2.04. The minimum atomic E-state index is -0.509. The van der Waals surface area contributed by atoms with Crippen molar-refractivity contribution in [3.63, 3.8) is 0 Å². The van der Waals surface area contributed by atoms with E-state index in [-0.39, 0.29) is 17.6 Å². The molecule has 0 bridgehead atoms. The summed E-state index contributed by atoms with van der Waals surface area (Å²) in [6, 6.07) is 2.92. The van der Waals surface area contributed by atoms with Gasteiger partial charge in [-0.05, 0) is 46.8 Å². The van der Waals surface area contributed by atoms with Gasteiger partial charge in [0.25, 0.3) is 5.91 Å². The molecule has 1 aliphatic heterocycles. The molecule has 0 radical (unpaired) electrons. The summed E-state index contributed by atoms with van der Waals surface area (Å²) in [7, 11) is 0. The molecule has 1 aromatic carbocycles. The van der Waals surface area contributed by atoms with Crippen molar-refractivity contribution >= 4 is 27.5 Å². The average molecular weight is 329 g/mol. The Morgan fingerprint density at radius 3 is 2.84 bits per heavy atom. The third-order valence-corrected chi connectivity index (χ3v) is 4.30. The fraction of sp³-hybridized carbons (Fsp3) is 0.500. The second-order valence-electron chi connectivity index (χ2n) is 5.31. The molecule has 104 valence electrons. The van der Waals surface area contributed by atoms with E-state index in [1.807, 2.05) is 4.90 Å². The number of likely N-dealkylation sites (tertiary alicyclic amines) is 1. The highest BCUT2D eigenvalue weighted by Gasteiger charge is 2.32. The van der Waals surface area contributed by atoms with Crippen LogP contribution in [0.5, 0.6) is 0 Å². The van der Waals surface area contributed by atoms with Crippen LogP contribution >= 0.6 is 15.9 Å². The van der Waals surface area contributed by atoms with E-state index in [1.165, 1.54) is 12.1 Å². The van der Waals surface area contributed by atoms with Gasteiger partial charge in [-0.2, -0.15) is 0 Å². The van der Waals surface area contributed by atoms with Crippen LogP contribution in [0.3, 0.4) is 0 Å². The summed E-state index contributed by atoms with van der Waals surface area (Å²) < 4.78 is 13.8. The molecule has 1 unspecified atom stereocenters. The second-order valence-corrected chi connectivity index (χ2v) is 6.16. The lowest BCUT2D eigenvalue weighted by Gasteiger charge is -2.28. The van der Waals surface area contributed by atoms with Gasteiger partial charge in [0, 0.05) is 17.1 Å². The van der Waals surface area contributed by atoms with Crippen LogP contribution in [0.2, 0.25) is 0 Å². The number of carbonyl (C=O) groups is 1. The van der Waals surface area contributed by atoms with Gasteiger partial charge in [0.1, 0.15) is 5.82 Å². The molecule has 0 spiro atoms. The number of amides is 1. The SMILES string of the molecule is CC(C)C1CCCN1C(=O)c1cc(N)c(F)cc1Br. The molecule has 1 fully saturated rings. The van der Waals surface area contributed by atoms with E-state index in [0.29, 0.717) is 16.0 Å². The molecule has 2 rings (SSSR count). The first kappa shape index (κ1) is 14.3. The highest BCUT2D eigenvalue weighted by atomic mass is 79.9. The molecule has 0 aromatic heterocycles. The molecule has 0 saturated carbocycles. The van der Waals surface area contributed by atoms with Gasteiger partial charge in [0.2, 0.25) is 0 Å². The van der Waals surface area contributed by atoms with E-state index >= 15 is 0 Å². The van der Waals surface area contributed by atoms with Crippen LogP contribution in [0.1, 0.15) is 37.0 Å². The Balaban J connectivity index is 2.32. The molecule has 5 heteroatoms. The van der Waals surface area contributed by atoms with Crippen molar-refractivity contribution in [3.05, 3.63) is 28.0 Å². The summed E-state index contributed by atoms with van der Waals surface area (Å²) in [5, 5.41) is 0. The number of benzene rings is 1. The minimum absolute atomic E-state index is 0.00634. The molecule has 1 aromatic rings. The van der Waals surface area contributed by atoms with Gasteiger partial charge in [-0.1, -0.05) is 13.8 Å². The topological polar surface area (TPSA) is 46.3 Å². The number of nitrogen functional groups attached to an aromatic ring is 1. The summed E-state index contributed by atoms with van der Waals surface area (Å²) in [5.74, 6) is -0.164. The predicted molar refractivity (Wildman–Crippen MR) is 77.4 cm³/mol. The van der Waals surface area contributed by atoms with Gasteiger partial charge >= 0.3 is 0 Å². The Labute approximate surface area is 121 Å². The Morgan fingerprint density at radius 1 is 1.53 bits per heavy atom. The van der Waals surface area contributed by atoms with Crippen molar-refractivity contribution in [3.8, 4) is 0 Å². The lowest BCUT2D eigenvalue weighted by Crippen LogP contribution is -2.38. The van der Waals surface area contributed by atoms with Crippen LogP contribution < -0.4 is 5.73 Å². The highest BCUT2D eigenvalue weighted by Crippen LogP contribution is 2.29. The monoisotopic (exact) mass is 328 g/mol. The second kappa shape index (κ2) is 5.49. The van der Waals surface area contributed by atoms with Gasteiger partial charge in [0.05, 0.1) is 11.3 Å². The Bertz CT molecular complexity index is 504. The number of hydrogen-bond acceptors (Lipinski definition) is 2. The quantitative estimate of drug-likeness (QED) is 0.845. The lowest BCUT2D eigenvalue weighted by molar-refractivity contribution is 0.0700. The third kappa shape index (κ3) is 2.76. The van der Waals surface area contributed by atoms with E-state index < -0.39 is 5.82 Å². The first-order chi connectivity index (χ1) is 8.91. The Hall–Kier alpha value is -1.10. The molecule has 0 aliphatic carbocycles. The molecule has 1 aliphatic rings. The molecule has 1 saturated heterocycles. The molecule has 1 amide bonds. The van der Waals surface area contributed by atoms with Gasteiger partial charge < -0.3 is 10.6 Å². The van der Waals surface area contributed by atoms with E-state index in [9.17, 15) is 9.18 Å². The maximum Gasteiger partial charge on any atom is 0.255 e. The van der Waals surface area contributed by atoms with E-state index in [1.54, 1.807) is 0 Å². The Morgan fingerprint density at radius 2 is 2.21 bits per heavy atom. The molecule has 1 atom stereocenters. The van der Waals surface area contributed by atoms with Gasteiger partial charge in [-0.25, -0.2) is 4.39 Å². The van der Waals surface area contributed by atoms with Gasteiger partial charge in [-0.3, -0.25) is 4.79 Å². The van der Waals surface area contributed by atoms with Crippen LogP contribution in [0.25, 0.3) is 0 Å². The molecule has 1 heterocycles. The van der Waals surface area contributed by atoms with Crippen LogP contribution in [0.15, 0.2) is 16.6 Å². The standard InChI is InChI=1S/C14H18BrFN2O/c1-8(2)13-4-3-5-18(13)14(19)9-6-12(17)11(16)7-10(9)15/h6-8,13H,3-5,17H2,1-2H3. The van der Waals surface area contributed by atoms with Crippen LogP contribution in [0.4, 0.5) is 10.1 Å². The van der Waals surface area contributed by atoms with E-state index in [2.05, 4.69) is 29.8 Å². The average Bonchev–Trinajstić information content (AvgIpc) is 2.82. The number of rotatable bonds is 2. The molecular weight excluding hydrogens is 311 g/mol. The highest BCUT2D eigenvalue weighted by molar-refractivity contribution is 9.10. The molecular formula is C14H18BrFN2O. The smallest absolute Gasteiger partial charge is 0.255 e. The Kier molecular flexibility index (Phi) is 4.13. The first-order valence-corrected chi connectivity index (χ1v) is 7.26. The number of carbonyl (C=O) groups excluding carboxylic acids is 1. The summed E-state index contributed by atoms with van der Waals surface area (Å²) in [4.78, 5) is 14.4. The van der Waals surface area contributed by atoms with Gasteiger partial charge in [0.15, 0.2) is 0 Å². The first-order valence-electron chi connectivity index (χ1n) is 6.47. The van der Waals surface area contributed by atoms with Crippen LogP contribution in [-0.4, -0.2) is 23.4 Å². The fourth-order valence-corrected chi connectivity index (χ4v) is 3.11. The van der Waals surface area contributed by atoms with Crippen molar-refractivity contribution < 1.29 is 9.18 Å². The summed E-state index contributed by atoms with van der Waals surface area (Å²) in [6.45, 7) is 4.99. The van der Waals surface area contributed by atoms with Crippen molar-refractivity contribution in [1.29, 1.82) is 0 Å². The number of anilines is 1. The van der Waals surface area contributed by atoms with E-state index in [0.717, 1.165) is 19.4 Å². The molecule has 2 N–H and O–H groups in total. The maximum absolute atomic E-state index is 13.3. The number of nitrogens with zero attached hydrogens (tertiary/aromatic N) is 1. The lowest BCUT2D eigenvalue weighted by atomic mass is 10.0. The number of halogens is 2. The normalized spacial score (nSPS) is 19.2. The van der Waals surface area contributed by atoms with Crippen LogP contribution in [-0.2, 0) is 0 Å². The molecule has 19 heavy (non-hydrogen) atoms. The minimum Gasteiger partial charge on any atom is -0.396 e. The predicted octanol–water partition coefficient (Wildman–Crippen LogP) is 3.43. The van der Waals surface area contributed by atoms with Crippen molar-refractivity contribution in [2.24, 2.45) is 5.92 Å². The number of nitrogens with two attached hydrogens (primary N) is 1. The van der Waals surface area contributed by atoms with Crippen molar-refractivity contribution in [1.82, 2.24) is 4.90 Å². The zero-order chi connectivity index (χ0) is 14.2. The van der Waals surface area contributed by atoms with Crippen molar-refractivity contribution in [2.75, 3.05) is 12.3 Å². The van der Waals surface area contributed by atoms with Gasteiger partial charge in [-0.15, -0.1) is 0 Å². The summed E-state index contributed by atoms with van der Waals surface area (Å²) >= 11 is 3.24. The molecule has 3 nitrogen and oxygen atoms in total. The van der Waals surface area contributed by atoms with E-state index in [4.69, 9.17) is 5.73 Å². The fourth-order valence-electron chi connectivity index (χ4n) is 2.62. The van der Waals surface area contributed by atoms with Crippen LogP contribution in [0, 0.1) is 11.7 Å².